The van der Waals surface area contributed by atoms with E-state index in [-0.39, 0.29) is 18.0 Å². The van der Waals surface area contributed by atoms with Crippen molar-refractivity contribution in [3.63, 3.8) is 0 Å². The molecule has 0 aliphatic carbocycles. The van der Waals surface area contributed by atoms with E-state index in [1.807, 2.05) is 19.0 Å². The first-order valence-electron chi connectivity index (χ1n) is 9.10. The van der Waals surface area contributed by atoms with Crippen LogP contribution in [-0.4, -0.2) is 57.9 Å². The van der Waals surface area contributed by atoms with Gasteiger partial charge in [-0.1, -0.05) is 12.1 Å². The zero-order chi connectivity index (χ0) is 21.2. The van der Waals surface area contributed by atoms with Gasteiger partial charge >= 0.3 is 0 Å². The summed E-state index contributed by atoms with van der Waals surface area (Å²) in [5.41, 5.74) is 7.21. The van der Waals surface area contributed by atoms with Gasteiger partial charge in [0.25, 0.3) is 0 Å². The van der Waals surface area contributed by atoms with Crippen molar-refractivity contribution in [3.8, 4) is 11.5 Å². The van der Waals surface area contributed by atoms with Crippen LogP contribution >= 0.6 is 0 Å². The summed E-state index contributed by atoms with van der Waals surface area (Å²) >= 11 is 0. The van der Waals surface area contributed by atoms with E-state index in [0.717, 1.165) is 5.56 Å². The molecule has 2 N–H and O–H groups in total. The number of sulfonamides is 1. The smallest absolute Gasteiger partial charge is 0.249 e. The first-order valence-corrected chi connectivity index (χ1v) is 10.5. The number of carbonyl (C=O) groups excluding carboxylic acids is 1. The Kier molecular flexibility index (Phi) is 6.11. The monoisotopic (exact) mass is 419 g/mol. The lowest BCUT2D eigenvalue weighted by atomic mass is 10.0. The average Bonchev–Trinajstić information content (AvgIpc) is 3.12. The fourth-order valence-electron chi connectivity index (χ4n) is 3.21. The summed E-state index contributed by atoms with van der Waals surface area (Å²) in [6.45, 7) is 1.35. The molecule has 9 heteroatoms. The molecule has 0 spiro atoms. The summed E-state index contributed by atoms with van der Waals surface area (Å²) in [6, 6.07) is 9.67. The van der Waals surface area contributed by atoms with E-state index in [0.29, 0.717) is 35.8 Å². The number of likely N-dealkylation sites (N-methyl/N-ethyl adjacent to an activating group) is 1. The predicted molar refractivity (Wildman–Crippen MR) is 108 cm³/mol. The Morgan fingerprint density at radius 1 is 1.17 bits per heavy atom. The fraction of sp³-hybridized carbons (Fsp3) is 0.350. The van der Waals surface area contributed by atoms with E-state index in [2.05, 4.69) is 0 Å². The first kappa shape index (κ1) is 21.1. The molecule has 0 aromatic heterocycles. The van der Waals surface area contributed by atoms with Crippen molar-refractivity contribution in [3.05, 3.63) is 53.1 Å². The average molecular weight is 420 g/mol. The minimum Gasteiger partial charge on any atom is -0.493 e. The number of nitrogens with two attached hydrogens (primary N) is 1. The molecule has 0 bridgehead atoms. The Balaban J connectivity index is 1.88. The maximum absolute atomic E-state index is 13.2. The van der Waals surface area contributed by atoms with Crippen molar-refractivity contribution in [2.24, 2.45) is 5.73 Å². The Bertz CT molecular complexity index is 1020. The molecule has 0 unspecified atom stereocenters. The number of hydrogen-bond donors (Lipinski definition) is 1. The summed E-state index contributed by atoms with van der Waals surface area (Å²) in [7, 11) is 1.55. The number of amides is 1. The molecule has 0 saturated carbocycles. The van der Waals surface area contributed by atoms with Gasteiger partial charge < -0.3 is 20.1 Å². The van der Waals surface area contributed by atoms with Gasteiger partial charge in [-0.05, 0) is 43.4 Å². The molecule has 0 atom stereocenters. The number of ether oxygens (including phenoxy) is 2. The second-order valence-corrected chi connectivity index (χ2v) is 8.98. The van der Waals surface area contributed by atoms with Crippen molar-refractivity contribution in [1.82, 2.24) is 9.21 Å². The van der Waals surface area contributed by atoms with E-state index in [1.54, 1.807) is 24.3 Å². The molecule has 1 heterocycles. The topological polar surface area (TPSA) is 102 Å². The zero-order valence-electron chi connectivity index (χ0n) is 16.7. The number of methoxy groups -OCH3 is 1. The molecule has 3 rings (SSSR count). The third-order valence-corrected chi connectivity index (χ3v) is 6.58. The Morgan fingerprint density at radius 2 is 1.93 bits per heavy atom. The molecule has 29 heavy (non-hydrogen) atoms. The molecule has 0 saturated heterocycles. The Morgan fingerprint density at radius 3 is 2.59 bits per heavy atom. The number of hydrogen-bond acceptors (Lipinski definition) is 6. The van der Waals surface area contributed by atoms with Crippen LogP contribution in [-0.2, 0) is 23.1 Å². The molecular weight excluding hydrogens is 394 g/mol. The van der Waals surface area contributed by atoms with Gasteiger partial charge in [0.1, 0.15) is 6.61 Å². The molecule has 156 valence electrons. The van der Waals surface area contributed by atoms with Crippen molar-refractivity contribution < 1.29 is 22.7 Å². The van der Waals surface area contributed by atoms with E-state index >= 15 is 0 Å². The van der Waals surface area contributed by atoms with E-state index in [4.69, 9.17) is 15.2 Å². The highest BCUT2D eigenvalue weighted by Gasteiger charge is 2.33. The van der Waals surface area contributed by atoms with Crippen molar-refractivity contribution >= 4 is 15.9 Å². The van der Waals surface area contributed by atoms with E-state index < -0.39 is 15.9 Å². The minimum absolute atomic E-state index is 0.0969. The summed E-state index contributed by atoms with van der Waals surface area (Å²) in [5.74, 6) is 0.260. The van der Waals surface area contributed by atoms with Gasteiger partial charge in [0.2, 0.25) is 15.9 Å². The van der Waals surface area contributed by atoms with E-state index in [1.165, 1.54) is 23.5 Å². The molecule has 1 aliphatic rings. The molecule has 1 amide bonds. The van der Waals surface area contributed by atoms with Crippen molar-refractivity contribution in [2.75, 3.05) is 34.4 Å². The number of nitrogens with zero attached hydrogens (tertiary/aromatic N) is 2. The van der Waals surface area contributed by atoms with Crippen LogP contribution in [0.3, 0.4) is 0 Å². The number of benzene rings is 2. The largest absolute Gasteiger partial charge is 0.493 e. The van der Waals surface area contributed by atoms with Crippen LogP contribution < -0.4 is 15.2 Å². The first-order chi connectivity index (χ1) is 13.7. The fourth-order valence-corrected chi connectivity index (χ4v) is 4.61. The maximum Gasteiger partial charge on any atom is 0.249 e. The van der Waals surface area contributed by atoms with Gasteiger partial charge in [0.05, 0.1) is 12.0 Å². The minimum atomic E-state index is -3.80. The van der Waals surface area contributed by atoms with Crippen LogP contribution in [0.1, 0.15) is 21.5 Å². The standard InChI is InChI=1S/C20H25N3O5S/c1-22(2)9-10-28-19-11-15(7-8-18(19)27-3)29(25,26)23-12-14-5-4-6-16(20(21)24)17(14)13-23/h4-8,11H,9-10,12-13H2,1-3H3,(H2,21,24). The number of primary amides is 1. The zero-order valence-corrected chi connectivity index (χ0v) is 17.5. The number of carbonyl (C=O) groups is 1. The summed E-state index contributed by atoms with van der Waals surface area (Å²) < 4.78 is 38.8. The normalized spacial score (nSPS) is 14.1. The third kappa shape index (κ3) is 4.36. The lowest BCUT2D eigenvalue weighted by molar-refractivity contribution is 0.0999. The van der Waals surface area contributed by atoms with Crippen LogP contribution in [0.5, 0.6) is 11.5 Å². The molecule has 8 nitrogen and oxygen atoms in total. The van der Waals surface area contributed by atoms with Gasteiger partial charge in [-0.15, -0.1) is 0 Å². The molecule has 0 radical (unpaired) electrons. The molecule has 0 fully saturated rings. The summed E-state index contributed by atoms with van der Waals surface area (Å²) in [4.78, 5) is 13.7. The predicted octanol–water partition coefficient (Wildman–Crippen LogP) is 1.44. The quantitative estimate of drug-likeness (QED) is 0.695. The highest BCUT2D eigenvalue weighted by atomic mass is 32.2. The number of fused-ring (bicyclic) bond motifs is 1. The molecule has 2 aromatic carbocycles. The Labute approximate surface area is 170 Å². The van der Waals surface area contributed by atoms with Crippen molar-refractivity contribution in [2.45, 2.75) is 18.0 Å². The highest BCUT2D eigenvalue weighted by molar-refractivity contribution is 7.89. The Hall–Kier alpha value is -2.62. The van der Waals surface area contributed by atoms with Crippen molar-refractivity contribution in [1.29, 1.82) is 0 Å². The van der Waals surface area contributed by atoms with Gasteiger partial charge in [-0.3, -0.25) is 4.79 Å². The van der Waals surface area contributed by atoms with Gasteiger partial charge in [0.15, 0.2) is 11.5 Å². The molecule has 1 aliphatic heterocycles. The second-order valence-electron chi connectivity index (χ2n) is 7.05. The summed E-state index contributed by atoms with van der Waals surface area (Å²) in [5, 5.41) is 0. The van der Waals surface area contributed by atoms with Gasteiger partial charge in [-0.2, -0.15) is 4.31 Å². The van der Waals surface area contributed by atoms with Crippen LogP contribution in [0.4, 0.5) is 0 Å². The highest BCUT2D eigenvalue weighted by Crippen LogP contribution is 2.34. The maximum atomic E-state index is 13.2. The number of rotatable bonds is 8. The van der Waals surface area contributed by atoms with Crippen LogP contribution in [0.2, 0.25) is 0 Å². The van der Waals surface area contributed by atoms with Gasteiger partial charge in [-0.25, -0.2) is 8.42 Å². The van der Waals surface area contributed by atoms with Crippen LogP contribution in [0.15, 0.2) is 41.3 Å². The molecule has 2 aromatic rings. The SMILES string of the molecule is COc1ccc(S(=O)(=O)N2Cc3cccc(C(N)=O)c3C2)cc1OCCN(C)C. The van der Waals surface area contributed by atoms with Crippen LogP contribution in [0.25, 0.3) is 0 Å². The lowest BCUT2D eigenvalue weighted by Crippen LogP contribution is -2.26. The summed E-state index contributed by atoms with van der Waals surface area (Å²) in [6.07, 6.45) is 0. The lowest BCUT2D eigenvalue weighted by Gasteiger charge is -2.18. The second kappa shape index (κ2) is 8.40. The van der Waals surface area contributed by atoms with E-state index in [9.17, 15) is 13.2 Å². The third-order valence-electron chi connectivity index (χ3n) is 4.79. The van der Waals surface area contributed by atoms with Crippen LogP contribution in [0, 0.1) is 0 Å². The van der Waals surface area contributed by atoms with Gasteiger partial charge in [0, 0.05) is 31.3 Å². The molecular formula is C20H25N3O5S.